The second kappa shape index (κ2) is 7.60. The molecular formula is C14H18BrFO3. The maximum absolute atomic E-state index is 13.7. The van der Waals surface area contributed by atoms with Crippen LogP contribution in [0, 0.1) is 11.7 Å². The molecule has 0 saturated heterocycles. The van der Waals surface area contributed by atoms with Crippen molar-refractivity contribution in [3.63, 3.8) is 0 Å². The molecule has 0 aliphatic carbocycles. The highest BCUT2D eigenvalue weighted by molar-refractivity contribution is 9.10. The van der Waals surface area contributed by atoms with Gasteiger partial charge in [0.15, 0.2) is 0 Å². The summed E-state index contributed by atoms with van der Waals surface area (Å²) in [5.74, 6) is -1.78. The highest BCUT2D eigenvalue weighted by Crippen LogP contribution is 2.30. The van der Waals surface area contributed by atoms with Crippen molar-refractivity contribution in [1.82, 2.24) is 0 Å². The molecule has 0 heterocycles. The quantitative estimate of drug-likeness (QED) is 0.809. The Morgan fingerprint density at radius 3 is 2.79 bits per heavy atom. The SMILES string of the molecule is CCCCC(C(=O)OC)C(O)c1cc(Br)ccc1F. The monoisotopic (exact) mass is 332 g/mol. The summed E-state index contributed by atoms with van der Waals surface area (Å²) in [6.07, 6.45) is 0.931. The van der Waals surface area contributed by atoms with E-state index in [1.54, 1.807) is 6.07 Å². The fourth-order valence-corrected chi connectivity index (χ4v) is 2.32. The normalized spacial score (nSPS) is 13.9. The van der Waals surface area contributed by atoms with Gasteiger partial charge in [-0.3, -0.25) is 4.79 Å². The van der Waals surface area contributed by atoms with Crippen molar-refractivity contribution in [3.8, 4) is 0 Å². The van der Waals surface area contributed by atoms with Crippen LogP contribution in [-0.4, -0.2) is 18.2 Å². The molecule has 0 amide bonds. The number of carbonyl (C=O) groups is 1. The van der Waals surface area contributed by atoms with Crippen LogP contribution in [0.4, 0.5) is 4.39 Å². The lowest BCUT2D eigenvalue weighted by atomic mass is 9.91. The van der Waals surface area contributed by atoms with E-state index in [1.165, 1.54) is 19.2 Å². The Hall–Kier alpha value is -0.940. The summed E-state index contributed by atoms with van der Waals surface area (Å²) in [6.45, 7) is 1.99. The van der Waals surface area contributed by atoms with E-state index in [1.807, 2.05) is 6.92 Å². The molecule has 0 aromatic heterocycles. The van der Waals surface area contributed by atoms with Crippen LogP contribution in [0.25, 0.3) is 0 Å². The summed E-state index contributed by atoms with van der Waals surface area (Å²) in [5.41, 5.74) is 0.112. The number of esters is 1. The number of ether oxygens (including phenoxy) is 1. The van der Waals surface area contributed by atoms with Crippen molar-refractivity contribution in [2.45, 2.75) is 32.3 Å². The van der Waals surface area contributed by atoms with Gasteiger partial charge in [-0.05, 0) is 24.6 Å². The largest absolute Gasteiger partial charge is 0.469 e. The third kappa shape index (κ3) is 4.28. The van der Waals surface area contributed by atoms with Gasteiger partial charge >= 0.3 is 5.97 Å². The van der Waals surface area contributed by atoms with Gasteiger partial charge in [0.05, 0.1) is 19.1 Å². The lowest BCUT2D eigenvalue weighted by Crippen LogP contribution is -2.24. The maximum Gasteiger partial charge on any atom is 0.311 e. The van der Waals surface area contributed by atoms with Crippen LogP contribution >= 0.6 is 15.9 Å². The van der Waals surface area contributed by atoms with Crippen LogP contribution in [0.2, 0.25) is 0 Å². The van der Waals surface area contributed by atoms with Gasteiger partial charge in [-0.25, -0.2) is 4.39 Å². The van der Waals surface area contributed by atoms with Crippen LogP contribution in [0.3, 0.4) is 0 Å². The minimum atomic E-state index is -1.20. The molecule has 0 aliphatic heterocycles. The van der Waals surface area contributed by atoms with E-state index in [-0.39, 0.29) is 5.56 Å². The molecule has 3 nitrogen and oxygen atoms in total. The van der Waals surface area contributed by atoms with E-state index in [9.17, 15) is 14.3 Å². The van der Waals surface area contributed by atoms with E-state index in [2.05, 4.69) is 20.7 Å². The highest BCUT2D eigenvalue weighted by atomic mass is 79.9. The minimum Gasteiger partial charge on any atom is -0.469 e. The van der Waals surface area contributed by atoms with Crippen LogP contribution in [0.5, 0.6) is 0 Å². The number of aliphatic hydroxyl groups is 1. The molecule has 1 rings (SSSR count). The van der Waals surface area contributed by atoms with E-state index >= 15 is 0 Å². The summed E-state index contributed by atoms with van der Waals surface area (Å²) in [6, 6.07) is 4.30. The molecule has 0 aliphatic rings. The van der Waals surface area contributed by atoms with Crippen molar-refractivity contribution in [2.75, 3.05) is 7.11 Å². The molecule has 0 spiro atoms. The van der Waals surface area contributed by atoms with E-state index in [4.69, 9.17) is 0 Å². The fraction of sp³-hybridized carbons (Fsp3) is 0.500. The van der Waals surface area contributed by atoms with Crippen molar-refractivity contribution in [1.29, 1.82) is 0 Å². The average Bonchev–Trinajstić information content (AvgIpc) is 2.41. The van der Waals surface area contributed by atoms with Crippen LogP contribution in [-0.2, 0) is 9.53 Å². The third-order valence-corrected chi connectivity index (χ3v) is 3.52. The van der Waals surface area contributed by atoms with Gasteiger partial charge in [-0.1, -0.05) is 35.7 Å². The zero-order valence-electron chi connectivity index (χ0n) is 11.0. The Morgan fingerprint density at radius 2 is 2.21 bits per heavy atom. The summed E-state index contributed by atoms with van der Waals surface area (Å²) in [7, 11) is 1.27. The number of aliphatic hydroxyl groups excluding tert-OH is 1. The number of halogens is 2. The number of rotatable bonds is 6. The lowest BCUT2D eigenvalue weighted by Gasteiger charge is -2.21. The molecule has 2 unspecified atom stereocenters. The Labute approximate surface area is 120 Å². The number of hydrogen-bond donors (Lipinski definition) is 1. The Balaban J connectivity index is 3.00. The second-order valence-corrected chi connectivity index (χ2v) is 5.30. The van der Waals surface area contributed by atoms with E-state index < -0.39 is 23.8 Å². The van der Waals surface area contributed by atoms with Gasteiger partial charge in [0.2, 0.25) is 0 Å². The van der Waals surface area contributed by atoms with Gasteiger partial charge in [-0.2, -0.15) is 0 Å². The summed E-state index contributed by atoms with van der Waals surface area (Å²) >= 11 is 3.23. The van der Waals surface area contributed by atoms with Crippen LogP contribution in [0.1, 0.15) is 37.9 Å². The molecule has 1 N–H and O–H groups in total. The minimum absolute atomic E-state index is 0.112. The van der Waals surface area contributed by atoms with Crippen molar-refractivity contribution >= 4 is 21.9 Å². The first-order valence-electron chi connectivity index (χ1n) is 6.22. The number of hydrogen-bond acceptors (Lipinski definition) is 3. The van der Waals surface area contributed by atoms with Gasteiger partial charge in [0.25, 0.3) is 0 Å². The number of carbonyl (C=O) groups excluding carboxylic acids is 1. The molecule has 19 heavy (non-hydrogen) atoms. The predicted molar refractivity (Wildman–Crippen MR) is 74.1 cm³/mol. The zero-order valence-corrected chi connectivity index (χ0v) is 12.6. The molecule has 0 radical (unpaired) electrons. The Bertz CT molecular complexity index is 437. The van der Waals surface area contributed by atoms with Gasteiger partial charge in [0, 0.05) is 10.0 Å². The molecular weight excluding hydrogens is 315 g/mol. The molecule has 0 fully saturated rings. The van der Waals surface area contributed by atoms with E-state index in [0.717, 1.165) is 12.8 Å². The predicted octanol–water partition coefficient (Wildman–Crippen LogP) is 3.60. The number of benzene rings is 1. The fourth-order valence-electron chi connectivity index (χ4n) is 1.94. The zero-order chi connectivity index (χ0) is 14.4. The number of methoxy groups -OCH3 is 1. The smallest absolute Gasteiger partial charge is 0.311 e. The Kier molecular flexibility index (Phi) is 6.45. The van der Waals surface area contributed by atoms with E-state index in [0.29, 0.717) is 10.9 Å². The van der Waals surface area contributed by atoms with Gasteiger partial charge in [0.1, 0.15) is 5.82 Å². The number of unbranched alkanes of at least 4 members (excludes halogenated alkanes) is 1. The summed E-state index contributed by atoms with van der Waals surface area (Å²) in [4.78, 5) is 11.7. The summed E-state index contributed by atoms with van der Waals surface area (Å²) < 4.78 is 19.1. The Morgan fingerprint density at radius 1 is 1.53 bits per heavy atom. The topological polar surface area (TPSA) is 46.5 Å². The van der Waals surface area contributed by atoms with Crippen molar-refractivity contribution in [3.05, 3.63) is 34.1 Å². The third-order valence-electron chi connectivity index (χ3n) is 3.03. The average molecular weight is 333 g/mol. The molecule has 2 atom stereocenters. The molecule has 1 aromatic rings. The van der Waals surface area contributed by atoms with Gasteiger partial charge < -0.3 is 9.84 Å². The molecule has 5 heteroatoms. The highest BCUT2D eigenvalue weighted by Gasteiger charge is 2.30. The van der Waals surface area contributed by atoms with Gasteiger partial charge in [-0.15, -0.1) is 0 Å². The van der Waals surface area contributed by atoms with Crippen molar-refractivity contribution in [2.24, 2.45) is 5.92 Å². The first kappa shape index (κ1) is 16.1. The molecule has 0 saturated carbocycles. The first-order valence-corrected chi connectivity index (χ1v) is 7.01. The summed E-state index contributed by atoms with van der Waals surface area (Å²) in [5, 5.41) is 10.3. The molecule has 0 bridgehead atoms. The van der Waals surface area contributed by atoms with Crippen LogP contribution in [0.15, 0.2) is 22.7 Å². The van der Waals surface area contributed by atoms with Crippen LogP contribution < -0.4 is 0 Å². The second-order valence-electron chi connectivity index (χ2n) is 4.38. The standard InChI is InChI=1S/C14H18BrFO3/c1-3-4-5-10(14(18)19-2)13(17)11-8-9(15)6-7-12(11)16/h6-8,10,13,17H,3-5H2,1-2H3. The maximum atomic E-state index is 13.7. The molecule has 1 aromatic carbocycles. The first-order chi connectivity index (χ1) is 9.01. The molecule has 106 valence electrons. The lowest BCUT2D eigenvalue weighted by molar-refractivity contribution is -0.150. The van der Waals surface area contributed by atoms with Crippen molar-refractivity contribution < 1.29 is 19.0 Å².